The number of nitrogens with zero attached hydrogens (tertiary/aromatic N) is 1. The Kier molecular flexibility index (Phi) is 6.17. The Hall–Kier alpha value is -6.12. The third kappa shape index (κ3) is 4.35. The highest BCUT2D eigenvalue weighted by molar-refractivity contribution is 6.14. The van der Waals surface area contributed by atoms with Crippen LogP contribution in [-0.4, -0.2) is 0 Å². The molecule has 9 rings (SSSR count). The van der Waals surface area contributed by atoms with Crippen LogP contribution in [0, 0.1) is 0 Å². The predicted molar refractivity (Wildman–Crippen MR) is 194 cm³/mol. The zero-order valence-electron chi connectivity index (χ0n) is 25.1. The minimum atomic E-state index is 0.893. The van der Waals surface area contributed by atoms with Gasteiger partial charge in [-0.05, 0) is 75.3 Å². The number of para-hydroxylation sites is 2. The lowest BCUT2D eigenvalue weighted by Gasteiger charge is -2.29. The van der Waals surface area contributed by atoms with Crippen molar-refractivity contribution in [1.82, 2.24) is 0 Å². The van der Waals surface area contributed by atoms with Crippen LogP contribution in [0.15, 0.2) is 180 Å². The van der Waals surface area contributed by atoms with Gasteiger partial charge in [0.15, 0.2) is 0 Å². The highest BCUT2D eigenvalue weighted by atomic mass is 16.3. The van der Waals surface area contributed by atoms with Gasteiger partial charge in [-0.25, -0.2) is 0 Å². The van der Waals surface area contributed by atoms with Gasteiger partial charge in [0.25, 0.3) is 0 Å². The standard InChI is InChI=1S/C44H29NO/c1-2-13-33-29-34(24-23-30(33)11-1)31-25-27-35(28-26-31)45(40-20-9-14-32-12-3-4-15-36(32)40)41-19-7-5-16-37(41)38-18-10-22-43-44(38)39-17-6-8-21-42(39)46-43/h1-29H. The lowest BCUT2D eigenvalue weighted by Crippen LogP contribution is -2.11. The first-order valence-electron chi connectivity index (χ1n) is 15.7. The fourth-order valence-corrected chi connectivity index (χ4v) is 6.88. The van der Waals surface area contributed by atoms with Gasteiger partial charge < -0.3 is 9.32 Å². The van der Waals surface area contributed by atoms with E-state index in [4.69, 9.17) is 4.42 Å². The number of anilines is 3. The Labute approximate surface area is 267 Å². The Bertz CT molecular complexity index is 2530. The van der Waals surface area contributed by atoms with Crippen LogP contribution in [0.3, 0.4) is 0 Å². The van der Waals surface area contributed by atoms with Crippen LogP contribution < -0.4 is 4.90 Å². The third-order valence-electron chi connectivity index (χ3n) is 9.05. The van der Waals surface area contributed by atoms with E-state index in [0.717, 1.165) is 50.1 Å². The van der Waals surface area contributed by atoms with Crippen molar-refractivity contribution in [1.29, 1.82) is 0 Å². The number of hydrogen-bond acceptors (Lipinski definition) is 2. The third-order valence-corrected chi connectivity index (χ3v) is 9.05. The van der Waals surface area contributed by atoms with Gasteiger partial charge in [-0.15, -0.1) is 0 Å². The molecular weight excluding hydrogens is 558 g/mol. The van der Waals surface area contributed by atoms with Gasteiger partial charge in [-0.1, -0.05) is 133 Å². The van der Waals surface area contributed by atoms with Gasteiger partial charge in [0.05, 0.1) is 11.4 Å². The molecule has 0 saturated heterocycles. The molecule has 0 spiro atoms. The highest BCUT2D eigenvalue weighted by Gasteiger charge is 2.21. The van der Waals surface area contributed by atoms with Crippen molar-refractivity contribution in [3.05, 3.63) is 176 Å². The average molecular weight is 588 g/mol. The number of fused-ring (bicyclic) bond motifs is 5. The summed E-state index contributed by atoms with van der Waals surface area (Å²) >= 11 is 0. The molecule has 9 aromatic rings. The fourth-order valence-electron chi connectivity index (χ4n) is 6.88. The molecule has 0 unspecified atom stereocenters. The lowest BCUT2D eigenvalue weighted by atomic mass is 9.96. The van der Waals surface area contributed by atoms with Gasteiger partial charge in [0.2, 0.25) is 0 Å². The van der Waals surface area contributed by atoms with Crippen molar-refractivity contribution in [3.8, 4) is 22.3 Å². The molecule has 0 aliphatic carbocycles. The van der Waals surface area contributed by atoms with E-state index in [1.807, 2.05) is 12.1 Å². The molecule has 1 heterocycles. The monoisotopic (exact) mass is 587 g/mol. The molecule has 0 saturated carbocycles. The molecule has 0 N–H and O–H groups in total. The molecule has 1 aromatic heterocycles. The first-order valence-corrected chi connectivity index (χ1v) is 15.7. The molecule has 2 heteroatoms. The van der Waals surface area contributed by atoms with Gasteiger partial charge in [0.1, 0.15) is 11.2 Å². The SMILES string of the molecule is c1ccc(N(c2ccc(-c3ccc4ccccc4c3)cc2)c2cccc3ccccc23)c(-c2cccc3oc4ccccc4c23)c1. The molecule has 0 fully saturated rings. The molecule has 216 valence electrons. The zero-order chi connectivity index (χ0) is 30.5. The van der Waals surface area contributed by atoms with Crippen LogP contribution in [0.4, 0.5) is 17.1 Å². The Morgan fingerprint density at radius 1 is 0.370 bits per heavy atom. The Morgan fingerprint density at radius 2 is 0.978 bits per heavy atom. The Balaban J connectivity index is 1.26. The summed E-state index contributed by atoms with van der Waals surface area (Å²) in [5.74, 6) is 0. The van der Waals surface area contributed by atoms with Crippen LogP contribution in [0.5, 0.6) is 0 Å². The second-order valence-corrected chi connectivity index (χ2v) is 11.7. The molecule has 46 heavy (non-hydrogen) atoms. The van der Waals surface area contributed by atoms with Crippen molar-refractivity contribution in [2.24, 2.45) is 0 Å². The van der Waals surface area contributed by atoms with Gasteiger partial charge in [-0.2, -0.15) is 0 Å². The second-order valence-electron chi connectivity index (χ2n) is 11.7. The minimum absolute atomic E-state index is 0.893. The first kappa shape index (κ1) is 26.3. The number of furan rings is 1. The van der Waals surface area contributed by atoms with E-state index in [0.29, 0.717) is 0 Å². The number of benzene rings is 8. The summed E-state index contributed by atoms with van der Waals surface area (Å²) in [6.45, 7) is 0. The summed E-state index contributed by atoms with van der Waals surface area (Å²) in [7, 11) is 0. The van der Waals surface area contributed by atoms with Crippen LogP contribution in [-0.2, 0) is 0 Å². The van der Waals surface area contributed by atoms with Crippen molar-refractivity contribution in [2.75, 3.05) is 4.90 Å². The van der Waals surface area contributed by atoms with E-state index in [1.54, 1.807) is 0 Å². The van der Waals surface area contributed by atoms with Crippen LogP contribution in [0.1, 0.15) is 0 Å². The van der Waals surface area contributed by atoms with E-state index in [1.165, 1.54) is 32.7 Å². The van der Waals surface area contributed by atoms with Crippen molar-refractivity contribution in [3.63, 3.8) is 0 Å². The van der Waals surface area contributed by atoms with E-state index in [2.05, 4.69) is 169 Å². The van der Waals surface area contributed by atoms with E-state index < -0.39 is 0 Å². The maximum absolute atomic E-state index is 6.31. The van der Waals surface area contributed by atoms with Crippen LogP contribution >= 0.6 is 0 Å². The molecule has 2 nitrogen and oxygen atoms in total. The summed E-state index contributed by atoms with van der Waals surface area (Å²) in [6, 6.07) is 62.8. The van der Waals surface area contributed by atoms with E-state index in [9.17, 15) is 0 Å². The van der Waals surface area contributed by atoms with E-state index in [-0.39, 0.29) is 0 Å². The summed E-state index contributed by atoms with van der Waals surface area (Å²) < 4.78 is 6.31. The predicted octanol–water partition coefficient (Wildman–Crippen LogP) is 12.7. The molecule has 0 bridgehead atoms. The quantitative estimate of drug-likeness (QED) is 0.199. The van der Waals surface area contributed by atoms with Crippen molar-refractivity contribution < 1.29 is 4.42 Å². The minimum Gasteiger partial charge on any atom is -0.456 e. The summed E-state index contributed by atoms with van der Waals surface area (Å²) in [6.07, 6.45) is 0. The van der Waals surface area contributed by atoms with Crippen molar-refractivity contribution >= 4 is 60.5 Å². The van der Waals surface area contributed by atoms with Gasteiger partial charge in [0, 0.05) is 27.4 Å². The maximum Gasteiger partial charge on any atom is 0.136 e. The van der Waals surface area contributed by atoms with Gasteiger partial charge in [-0.3, -0.25) is 0 Å². The van der Waals surface area contributed by atoms with E-state index >= 15 is 0 Å². The molecular formula is C44H29NO. The smallest absolute Gasteiger partial charge is 0.136 e. The molecule has 8 aromatic carbocycles. The summed E-state index contributed by atoms with van der Waals surface area (Å²) in [5, 5.41) is 7.16. The summed E-state index contributed by atoms with van der Waals surface area (Å²) in [5.41, 5.74) is 9.82. The largest absolute Gasteiger partial charge is 0.456 e. The van der Waals surface area contributed by atoms with Crippen LogP contribution in [0.25, 0.3) is 65.7 Å². The number of rotatable bonds is 5. The van der Waals surface area contributed by atoms with Crippen molar-refractivity contribution in [2.45, 2.75) is 0 Å². The summed E-state index contributed by atoms with van der Waals surface area (Å²) in [4.78, 5) is 2.41. The Morgan fingerprint density at radius 3 is 1.87 bits per heavy atom. The first-order chi connectivity index (χ1) is 22.8. The highest BCUT2D eigenvalue weighted by Crippen LogP contribution is 2.46. The zero-order valence-corrected chi connectivity index (χ0v) is 25.1. The van der Waals surface area contributed by atoms with Gasteiger partial charge >= 0.3 is 0 Å². The molecule has 0 atom stereocenters. The number of hydrogen-bond donors (Lipinski definition) is 0. The normalized spacial score (nSPS) is 11.5. The fraction of sp³-hybridized carbons (Fsp3) is 0. The topological polar surface area (TPSA) is 16.4 Å². The molecule has 0 aliphatic rings. The average Bonchev–Trinajstić information content (AvgIpc) is 3.51. The lowest BCUT2D eigenvalue weighted by molar-refractivity contribution is 0.669. The molecule has 0 radical (unpaired) electrons. The molecule has 0 aliphatic heterocycles. The van der Waals surface area contributed by atoms with Crippen LogP contribution in [0.2, 0.25) is 0 Å². The molecule has 0 amide bonds. The maximum atomic E-state index is 6.31. The second kappa shape index (κ2) is 10.8.